The van der Waals surface area contributed by atoms with Gasteiger partial charge in [0.2, 0.25) is 0 Å². The molecule has 0 spiro atoms. The number of alkyl halides is 1. The first kappa shape index (κ1) is 24.3. The molecule has 0 radical (unpaired) electrons. The number of allylic oxidation sites excluding steroid dienone is 3. The van der Waals surface area contributed by atoms with Gasteiger partial charge in [-0.2, -0.15) is 0 Å². The van der Waals surface area contributed by atoms with Crippen LogP contribution in [0.15, 0.2) is 114 Å². The lowest BCUT2D eigenvalue weighted by Gasteiger charge is -2.45. The Morgan fingerprint density at radius 1 is 0.812 bits per heavy atom. The Bertz CT molecular complexity index is 937. The van der Waals surface area contributed by atoms with Crippen molar-refractivity contribution in [1.82, 2.24) is 0 Å². The number of rotatable bonds is 9. The van der Waals surface area contributed by atoms with Crippen LogP contribution in [-0.4, -0.2) is 12.9 Å². The highest BCUT2D eigenvalue weighted by atomic mass is 35.5. The molecule has 1 unspecified atom stereocenters. The van der Waals surface area contributed by atoms with E-state index in [0.29, 0.717) is 0 Å². The first-order chi connectivity index (χ1) is 15.3. The van der Waals surface area contributed by atoms with E-state index in [0.717, 1.165) is 12.8 Å². The van der Waals surface area contributed by atoms with Gasteiger partial charge in [0.05, 0.1) is 4.87 Å². The average molecular weight is 459 g/mol. The quantitative estimate of drug-likeness (QED) is 0.146. The van der Waals surface area contributed by atoms with Crippen LogP contribution in [0.3, 0.4) is 0 Å². The summed E-state index contributed by atoms with van der Waals surface area (Å²) in [6, 6.07) is 32.7. The highest BCUT2D eigenvalue weighted by molar-refractivity contribution is 7.16. The summed E-state index contributed by atoms with van der Waals surface area (Å²) < 4.78 is 0. The molecule has 0 fully saturated rings. The molecule has 0 bridgehead atoms. The van der Waals surface area contributed by atoms with Gasteiger partial charge in [-0.3, -0.25) is 0 Å². The van der Waals surface area contributed by atoms with Crippen molar-refractivity contribution in [3.05, 3.63) is 114 Å². The molecule has 3 aromatic carbocycles. The van der Waals surface area contributed by atoms with Crippen molar-refractivity contribution in [3.63, 3.8) is 0 Å². The molecule has 0 nitrogen and oxygen atoms in total. The Kier molecular flexibility index (Phi) is 7.98. The Morgan fingerprint density at radius 3 is 1.50 bits per heavy atom. The van der Waals surface area contributed by atoms with E-state index in [9.17, 15) is 0 Å². The van der Waals surface area contributed by atoms with Crippen LogP contribution in [0.4, 0.5) is 0 Å². The number of benzene rings is 3. The van der Waals surface area contributed by atoms with E-state index < -0.39 is 12.9 Å². The van der Waals surface area contributed by atoms with Crippen molar-refractivity contribution in [3.8, 4) is 0 Å². The van der Waals surface area contributed by atoms with E-state index >= 15 is 0 Å². The largest absolute Gasteiger partial charge is 0.176 e. The van der Waals surface area contributed by atoms with Crippen LogP contribution >= 0.6 is 11.6 Å². The summed E-state index contributed by atoms with van der Waals surface area (Å²) in [5, 5.41) is 5.16. The summed E-state index contributed by atoms with van der Waals surface area (Å²) in [6.45, 7) is 13.6. The monoisotopic (exact) mass is 458 g/mol. The van der Waals surface area contributed by atoms with Crippen LogP contribution in [0.2, 0.25) is 0 Å². The maximum absolute atomic E-state index is 7.65. The van der Waals surface area contributed by atoms with Crippen molar-refractivity contribution < 1.29 is 0 Å². The molecule has 0 aliphatic rings. The van der Waals surface area contributed by atoms with Gasteiger partial charge < -0.3 is 0 Å². The van der Waals surface area contributed by atoms with Gasteiger partial charge in [-0.05, 0) is 48.2 Å². The lowest BCUT2D eigenvalue weighted by molar-refractivity contribution is 0.465. The Morgan fingerprint density at radius 2 is 1.19 bits per heavy atom. The second kappa shape index (κ2) is 10.5. The third-order valence-electron chi connectivity index (χ3n) is 6.55. The zero-order valence-electron chi connectivity index (χ0n) is 19.8. The normalized spacial score (nSPS) is 13.4. The molecular weight excluding hydrogens is 424 g/mol. The first-order valence-electron chi connectivity index (χ1n) is 11.5. The fourth-order valence-electron chi connectivity index (χ4n) is 4.76. The molecule has 0 aliphatic heterocycles. The standard InChI is InChI=1S/C30H35ClSi/c1-24(2)16-15-23-30(31,25(3)4)26(5)32(27-17-9-6-10-18-27,28-19-11-7-12-20-28)29-21-13-8-14-22-29/h6-14,16-22,25H,5,15,23H2,1-4H3. The topological polar surface area (TPSA) is 0 Å². The van der Waals surface area contributed by atoms with Crippen molar-refractivity contribution in [1.29, 1.82) is 0 Å². The molecule has 0 saturated carbocycles. The van der Waals surface area contributed by atoms with Crippen LogP contribution in [0.1, 0.15) is 40.5 Å². The molecule has 1 atom stereocenters. The fraction of sp³-hybridized carbons (Fsp3) is 0.267. The third kappa shape index (κ3) is 4.70. The Hall–Kier alpha value is -2.35. The lowest BCUT2D eigenvalue weighted by Crippen LogP contribution is -2.71. The molecule has 32 heavy (non-hydrogen) atoms. The van der Waals surface area contributed by atoms with Crippen LogP contribution in [-0.2, 0) is 0 Å². The maximum atomic E-state index is 7.65. The summed E-state index contributed by atoms with van der Waals surface area (Å²) in [6.07, 6.45) is 4.12. The van der Waals surface area contributed by atoms with E-state index in [1.807, 2.05) is 0 Å². The SMILES string of the molecule is C=C(C(Cl)(CCC=C(C)C)C(C)C)[Si](c1ccccc1)(c1ccccc1)c1ccccc1. The van der Waals surface area contributed by atoms with E-state index in [2.05, 4.69) is 125 Å². The Balaban J connectivity index is 2.33. The van der Waals surface area contributed by atoms with E-state index in [1.54, 1.807) is 0 Å². The molecule has 2 heteroatoms. The first-order valence-corrected chi connectivity index (χ1v) is 13.9. The molecule has 0 heterocycles. The third-order valence-corrected chi connectivity index (χ3v) is 12.5. The van der Waals surface area contributed by atoms with Gasteiger partial charge in [0.15, 0.2) is 8.07 Å². The predicted molar refractivity (Wildman–Crippen MR) is 145 cm³/mol. The second-order valence-electron chi connectivity index (χ2n) is 9.16. The minimum absolute atomic E-state index is 0.255. The van der Waals surface area contributed by atoms with E-state index in [1.165, 1.54) is 26.3 Å². The summed E-state index contributed by atoms with van der Waals surface area (Å²) in [7, 11) is -2.65. The van der Waals surface area contributed by atoms with E-state index in [-0.39, 0.29) is 5.92 Å². The molecule has 0 aliphatic carbocycles. The minimum Gasteiger partial charge on any atom is -0.115 e. The van der Waals surface area contributed by atoms with Crippen LogP contribution < -0.4 is 15.6 Å². The van der Waals surface area contributed by atoms with Gasteiger partial charge in [0, 0.05) is 0 Å². The van der Waals surface area contributed by atoms with Gasteiger partial charge in [-0.25, -0.2) is 0 Å². The average Bonchev–Trinajstić information content (AvgIpc) is 2.81. The zero-order chi connectivity index (χ0) is 23.2. The summed E-state index contributed by atoms with van der Waals surface area (Å²) in [5.41, 5.74) is 1.33. The van der Waals surface area contributed by atoms with Crippen molar-refractivity contribution >= 4 is 35.2 Å². The van der Waals surface area contributed by atoms with Crippen molar-refractivity contribution in [2.75, 3.05) is 0 Å². The van der Waals surface area contributed by atoms with E-state index in [4.69, 9.17) is 18.2 Å². The van der Waals surface area contributed by atoms with Gasteiger partial charge in [0.25, 0.3) is 0 Å². The Labute approximate surface area is 200 Å². The molecule has 3 rings (SSSR count). The molecular formula is C30H35ClSi. The molecule has 3 aromatic rings. The predicted octanol–water partition coefficient (Wildman–Crippen LogP) is 6.63. The molecule has 0 N–H and O–H groups in total. The van der Waals surface area contributed by atoms with Crippen molar-refractivity contribution in [2.45, 2.75) is 45.4 Å². The minimum atomic E-state index is -2.65. The highest BCUT2D eigenvalue weighted by Gasteiger charge is 2.50. The maximum Gasteiger partial charge on any atom is 0.176 e. The summed E-state index contributed by atoms with van der Waals surface area (Å²) in [5.74, 6) is 0.255. The molecule has 0 saturated heterocycles. The van der Waals surface area contributed by atoms with Crippen LogP contribution in [0, 0.1) is 5.92 Å². The number of hydrogen-bond acceptors (Lipinski definition) is 0. The molecule has 0 amide bonds. The lowest BCUT2D eigenvalue weighted by atomic mass is 9.89. The number of halogens is 1. The smallest absolute Gasteiger partial charge is 0.115 e. The highest BCUT2D eigenvalue weighted by Crippen LogP contribution is 2.41. The van der Waals surface area contributed by atoms with Crippen molar-refractivity contribution in [2.24, 2.45) is 5.92 Å². The van der Waals surface area contributed by atoms with Gasteiger partial charge in [-0.15, -0.1) is 18.2 Å². The van der Waals surface area contributed by atoms with Crippen LogP contribution in [0.25, 0.3) is 0 Å². The number of hydrogen-bond donors (Lipinski definition) is 0. The fourth-order valence-corrected chi connectivity index (χ4v) is 10.5. The molecule has 166 valence electrons. The second-order valence-corrected chi connectivity index (χ2v) is 13.7. The van der Waals surface area contributed by atoms with Gasteiger partial charge in [0.1, 0.15) is 0 Å². The molecule has 0 aromatic heterocycles. The zero-order valence-corrected chi connectivity index (χ0v) is 21.6. The van der Waals surface area contributed by atoms with Crippen LogP contribution in [0.5, 0.6) is 0 Å². The van der Waals surface area contributed by atoms with Gasteiger partial charge in [-0.1, -0.05) is 122 Å². The summed E-state index contributed by atoms with van der Waals surface area (Å²) >= 11 is 7.65. The summed E-state index contributed by atoms with van der Waals surface area (Å²) in [4.78, 5) is -0.514. The van der Waals surface area contributed by atoms with Gasteiger partial charge >= 0.3 is 0 Å².